The molecule has 0 spiro atoms. The summed E-state index contributed by atoms with van der Waals surface area (Å²) in [5.41, 5.74) is 7.96. The van der Waals surface area contributed by atoms with Gasteiger partial charge in [0.2, 0.25) is 5.88 Å². The van der Waals surface area contributed by atoms with Crippen molar-refractivity contribution >= 4 is 30.2 Å². The Morgan fingerprint density at radius 2 is 1.93 bits per heavy atom. The molecule has 0 saturated heterocycles. The first-order valence-corrected chi connectivity index (χ1v) is 10.0. The minimum Gasteiger partial charge on any atom is -0.480 e. The molecule has 1 amide bonds. The number of amides is 1. The van der Waals surface area contributed by atoms with Crippen LogP contribution in [0, 0.1) is 0 Å². The van der Waals surface area contributed by atoms with Gasteiger partial charge in [-0.25, -0.2) is 9.78 Å². The van der Waals surface area contributed by atoms with E-state index in [1.165, 1.54) is 0 Å². The lowest BCUT2D eigenvalue weighted by molar-refractivity contribution is -0.142. The Balaban J connectivity index is 2.15. The number of hydrogen-bond acceptors (Lipinski definition) is 8. The fourth-order valence-corrected chi connectivity index (χ4v) is 2.65. The van der Waals surface area contributed by atoms with E-state index in [2.05, 4.69) is 28.2 Å². The highest BCUT2D eigenvalue weighted by Gasteiger charge is 2.20. The van der Waals surface area contributed by atoms with Crippen LogP contribution in [0.2, 0.25) is 0 Å². The SMILES string of the molecule is NC(CS)CNc1ccc(-c2ccccc2)nc1OCC(=O)N[C@@H](CCO)C(=O)O. The van der Waals surface area contributed by atoms with Crippen LogP contribution in [0.3, 0.4) is 0 Å². The molecule has 0 aliphatic rings. The number of carbonyl (C=O) groups is 2. The Morgan fingerprint density at radius 3 is 2.57 bits per heavy atom. The van der Waals surface area contributed by atoms with Gasteiger partial charge in [-0.2, -0.15) is 12.6 Å². The van der Waals surface area contributed by atoms with Crippen molar-refractivity contribution in [3.63, 3.8) is 0 Å². The second-order valence-electron chi connectivity index (χ2n) is 6.50. The van der Waals surface area contributed by atoms with Crippen LogP contribution >= 0.6 is 12.6 Å². The quantitative estimate of drug-likeness (QED) is 0.268. The van der Waals surface area contributed by atoms with Crippen molar-refractivity contribution < 1.29 is 24.5 Å². The lowest BCUT2D eigenvalue weighted by Crippen LogP contribution is -2.43. The summed E-state index contributed by atoms with van der Waals surface area (Å²) in [5.74, 6) is -1.19. The number of nitrogens with zero attached hydrogens (tertiary/aromatic N) is 1. The van der Waals surface area contributed by atoms with E-state index < -0.39 is 24.5 Å². The number of aliphatic hydroxyl groups excluding tert-OH is 1. The standard InChI is InChI=1S/C20H26N4O5S/c21-14(12-30)10-22-16-7-6-15(13-4-2-1-3-5-13)24-19(16)29-11-18(26)23-17(8-9-25)20(27)28/h1-7,14,17,22,25,30H,8-12,21H2,(H,23,26)(H,27,28)/t14?,17-/m0/s1. The van der Waals surface area contributed by atoms with Crippen LogP contribution in [-0.4, -0.2) is 64.7 Å². The van der Waals surface area contributed by atoms with Gasteiger partial charge in [0.25, 0.3) is 5.91 Å². The van der Waals surface area contributed by atoms with E-state index in [0.717, 1.165) is 5.56 Å². The molecule has 0 fully saturated rings. The fraction of sp³-hybridized carbons (Fsp3) is 0.350. The molecular weight excluding hydrogens is 408 g/mol. The van der Waals surface area contributed by atoms with E-state index in [1.807, 2.05) is 36.4 Å². The molecule has 0 radical (unpaired) electrons. The molecule has 0 aliphatic heterocycles. The van der Waals surface area contributed by atoms with E-state index in [9.17, 15) is 9.59 Å². The Hall–Kier alpha value is -2.82. The highest BCUT2D eigenvalue weighted by Crippen LogP contribution is 2.27. The number of aliphatic hydroxyl groups is 1. The van der Waals surface area contributed by atoms with Gasteiger partial charge < -0.3 is 31.3 Å². The largest absolute Gasteiger partial charge is 0.480 e. The van der Waals surface area contributed by atoms with E-state index in [4.69, 9.17) is 20.7 Å². The van der Waals surface area contributed by atoms with Crippen molar-refractivity contribution in [2.75, 3.05) is 30.8 Å². The Bertz CT molecular complexity index is 837. The molecule has 2 atom stereocenters. The second kappa shape index (κ2) is 12.0. The van der Waals surface area contributed by atoms with Gasteiger partial charge in [-0.1, -0.05) is 30.3 Å². The predicted octanol–water partition coefficient (Wildman–Crippen LogP) is 0.748. The van der Waals surface area contributed by atoms with Crippen LogP contribution in [0.25, 0.3) is 11.3 Å². The van der Waals surface area contributed by atoms with Gasteiger partial charge in [0.1, 0.15) is 6.04 Å². The van der Waals surface area contributed by atoms with Crippen LogP contribution in [0.4, 0.5) is 5.69 Å². The third-order valence-electron chi connectivity index (χ3n) is 4.11. The number of thiol groups is 1. The van der Waals surface area contributed by atoms with Gasteiger partial charge in [0.15, 0.2) is 6.61 Å². The summed E-state index contributed by atoms with van der Waals surface area (Å²) in [4.78, 5) is 27.7. The summed E-state index contributed by atoms with van der Waals surface area (Å²) in [6, 6.07) is 11.7. The zero-order valence-corrected chi connectivity index (χ0v) is 17.2. The van der Waals surface area contributed by atoms with Crippen LogP contribution in [0.5, 0.6) is 5.88 Å². The number of carbonyl (C=O) groups excluding carboxylic acids is 1. The van der Waals surface area contributed by atoms with Crippen molar-refractivity contribution in [3.05, 3.63) is 42.5 Å². The summed E-state index contributed by atoms with van der Waals surface area (Å²) in [6.45, 7) is -0.373. The van der Waals surface area contributed by atoms with Crippen LogP contribution in [0.1, 0.15) is 6.42 Å². The van der Waals surface area contributed by atoms with Gasteiger partial charge in [-0.15, -0.1) is 0 Å². The third kappa shape index (κ3) is 7.21. The Morgan fingerprint density at radius 1 is 1.20 bits per heavy atom. The van der Waals surface area contributed by atoms with Crippen LogP contribution < -0.4 is 21.1 Å². The first-order chi connectivity index (χ1) is 14.4. The highest BCUT2D eigenvalue weighted by atomic mass is 32.1. The minimum absolute atomic E-state index is 0.1000. The van der Waals surface area contributed by atoms with E-state index in [0.29, 0.717) is 23.7 Å². The van der Waals surface area contributed by atoms with Crippen LogP contribution in [-0.2, 0) is 9.59 Å². The number of rotatable bonds is 12. The average molecular weight is 435 g/mol. The lowest BCUT2D eigenvalue weighted by Gasteiger charge is -2.17. The maximum atomic E-state index is 12.1. The highest BCUT2D eigenvalue weighted by molar-refractivity contribution is 7.80. The topological polar surface area (TPSA) is 147 Å². The van der Waals surface area contributed by atoms with E-state index in [-0.39, 0.29) is 24.9 Å². The first kappa shape index (κ1) is 23.5. The summed E-state index contributed by atoms with van der Waals surface area (Å²) >= 11 is 4.15. The number of ether oxygens (including phenoxy) is 1. The molecule has 30 heavy (non-hydrogen) atoms. The van der Waals surface area contributed by atoms with Crippen molar-refractivity contribution in [2.45, 2.75) is 18.5 Å². The summed E-state index contributed by atoms with van der Waals surface area (Å²) in [5, 5.41) is 23.4. The first-order valence-electron chi connectivity index (χ1n) is 9.37. The number of anilines is 1. The summed E-state index contributed by atoms with van der Waals surface area (Å²) in [6.07, 6.45) is -0.1000. The van der Waals surface area contributed by atoms with E-state index in [1.54, 1.807) is 6.07 Å². The number of carboxylic acid groups (broad SMARTS) is 1. The van der Waals surface area contributed by atoms with Crippen molar-refractivity contribution in [3.8, 4) is 17.1 Å². The number of hydrogen-bond donors (Lipinski definition) is 6. The van der Waals surface area contributed by atoms with E-state index >= 15 is 0 Å². The number of nitrogens with two attached hydrogens (primary N) is 1. The Labute approximate surface area is 180 Å². The molecule has 2 aromatic rings. The number of carboxylic acids is 1. The molecule has 10 heteroatoms. The predicted molar refractivity (Wildman–Crippen MR) is 117 cm³/mol. The molecular formula is C20H26N4O5S. The minimum atomic E-state index is -1.23. The van der Waals surface area contributed by atoms with Gasteiger partial charge in [-0.05, 0) is 12.1 Å². The fourth-order valence-electron chi connectivity index (χ4n) is 2.52. The van der Waals surface area contributed by atoms with Crippen molar-refractivity contribution in [2.24, 2.45) is 5.73 Å². The summed E-state index contributed by atoms with van der Waals surface area (Å²) in [7, 11) is 0. The number of aliphatic carboxylic acids is 1. The molecule has 0 bridgehead atoms. The van der Waals surface area contributed by atoms with Gasteiger partial charge >= 0.3 is 5.97 Å². The smallest absolute Gasteiger partial charge is 0.326 e. The number of pyridine rings is 1. The van der Waals surface area contributed by atoms with Gasteiger partial charge in [-0.3, -0.25) is 4.79 Å². The monoisotopic (exact) mass is 434 g/mol. The molecule has 9 nitrogen and oxygen atoms in total. The number of nitrogens with one attached hydrogen (secondary N) is 2. The lowest BCUT2D eigenvalue weighted by atomic mass is 10.1. The Kier molecular flexibility index (Phi) is 9.39. The molecule has 1 aromatic heterocycles. The number of benzene rings is 1. The molecule has 2 rings (SSSR count). The maximum Gasteiger partial charge on any atom is 0.326 e. The maximum absolute atomic E-state index is 12.1. The molecule has 162 valence electrons. The molecule has 6 N–H and O–H groups in total. The zero-order valence-electron chi connectivity index (χ0n) is 16.3. The molecule has 1 unspecified atom stereocenters. The second-order valence-corrected chi connectivity index (χ2v) is 6.86. The summed E-state index contributed by atoms with van der Waals surface area (Å²) < 4.78 is 5.58. The van der Waals surface area contributed by atoms with Crippen molar-refractivity contribution in [1.29, 1.82) is 0 Å². The molecule has 0 saturated carbocycles. The molecule has 0 aliphatic carbocycles. The van der Waals surface area contributed by atoms with Crippen molar-refractivity contribution in [1.82, 2.24) is 10.3 Å². The van der Waals surface area contributed by atoms with Crippen LogP contribution in [0.15, 0.2) is 42.5 Å². The van der Waals surface area contributed by atoms with Gasteiger partial charge in [0, 0.05) is 36.9 Å². The zero-order chi connectivity index (χ0) is 21.9. The number of aromatic nitrogens is 1. The third-order valence-corrected chi connectivity index (χ3v) is 4.58. The molecule has 1 aromatic carbocycles. The normalized spacial score (nSPS) is 12.6. The van der Waals surface area contributed by atoms with Gasteiger partial charge in [0.05, 0.1) is 11.4 Å². The molecule has 1 heterocycles. The average Bonchev–Trinajstić information content (AvgIpc) is 2.76.